The van der Waals surface area contributed by atoms with Gasteiger partial charge in [-0.1, -0.05) is 56.3 Å². The maximum Gasteiger partial charge on any atom is 0.224 e. The zero-order valence-corrected chi connectivity index (χ0v) is 17.2. The van der Waals surface area contributed by atoms with Gasteiger partial charge in [0.1, 0.15) is 6.29 Å². The summed E-state index contributed by atoms with van der Waals surface area (Å²) in [5, 5.41) is 22.8. The standard InChI is InChI=1S/C22H19N7O2/c1-22(2,3)18-17(24-25-20-15-9-4-5-10-16(15)31-28-20)21-23-19(27-29(21)26-18)14-8-6-7-13(11-14)12-30/h4-12H,1-3H3,(H,23,27). The number of aromatic nitrogens is 5. The summed E-state index contributed by atoms with van der Waals surface area (Å²) < 4.78 is 6.83. The van der Waals surface area contributed by atoms with Gasteiger partial charge in [-0.2, -0.15) is 5.10 Å². The summed E-state index contributed by atoms with van der Waals surface area (Å²) in [4.78, 5) is 14.4. The third-order valence-electron chi connectivity index (χ3n) is 4.88. The van der Waals surface area contributed by atoms with Crippen LogP contribution in [-0.4, -0.2) is 31.3 Å². The number of nitrogens with one attached hydrogen (secondary N) is 1. The second kappa shape index (κ2) is 6.98. The van der Waals surface area contributed by atoms with Gasteiger partial charge in [0.2, 0.25) is 5.82 Å². The number of benzene rings is 2. The summed E-state index contributed by atoms with van der Waals surface area (Å²) in [6.45, 7) is 6.15. The van der Waals surface area contributed by atoms with Crippen molar-refractivity contribution in [2.75, 3.05) is 0 Å². The fourth-order valence-corrected chi connectivity index (χ4v) is 3.34. The Kier molecular flexibility index (Phi) is 4.25. The van der Waals surface area contributed by atoms with E-state index in [9.17, 15) is 4.79 Å². The number of carbonyl (C=O) groups is 1. The topological polar surface area (TPSA) is 114 Å². The molecule has 0 bridgehead atoms. The Balaban J connectivity index is 1.64. The highest BCUT2D eigenvalue weighted by molar-refractivity contribution is 5.86. The highest BCUT2D eigenvalue weighted by Crippen LogP contribution is 2.36. The van der Waals surface area contributed by atoms with Gasteiger partial charge in [-0.15, -0.1) is 20.0 Å². The number of carbonyl (C=O) groups excluding carboxylic acids is 1. The largest absolute Gasteiger partial charge is 0.354 e. The van der Waals surface area contributed by atoms with E-state index in [4.69, 9.17) is 4.52 Å². The number of rotatable bonds is 4. The van der Waals surface area contributed by atoms with Crippen molar-refractivity contribution >= 4 is 34.4 Å². The Hall–Kier alpha value is -4.14. The molecule has 0 atom stereocenters. The monoisotopic (exact) mass is 413 g/mol. The second-order valence-electron chi connectivity index (χ2n) is 8.20. The van der Waals surface area contributed by atoms with Crippen LogP contribution >= 0.6 is 0 Å². The van der Waals surface area contributed by atoms with Crippen molar-refractivity contribution in [3.63, 3.8) is 0 Å². The molecule has 0 unspecified atom stereocenters. The number of azo groups is 1. The van der Waals surface area contributed by atoms with Crippen LogP contribution in [0.25, 0.3) is 28.0 Å². The normalized spacial score (nSPS) is 12.4. The Bertz CT molecular complexity index is 1450. The van der Waals surface area contributed by atoms with Crippen LogP contribution in [0.2, 0.25) is 0 Å². The molecule has 5 rings (SSSR count). The van der Waals surface area contributed by atoms with Gasteiger partial charge in [0.25, 0.3) is 0 Å². The fourth-order valence-electron chi connectivity index (χ4n) is 3.34. The van der Waals surface area contributed by atoms with E-state index in [0.717, 1.165) is 22.9 Å². The predicted molar refractivity (Wildman–Crippen MR) is 115 cm³/mol. The van der Waals surface area contributed by atoms with Crippen LogP contribution in [0.3, 0.4) is 0 Å². The summed E-state index contributed by atoms with van der Waals surface area (Å²) >= 11 is 0. The maximum absolute atomic E-state index is 11.1. The van der Waals surface area contributed by atoms with E-state index < -0.39 is 0 Å². The molecule has 0 fully saturated rings. The molecule has 3 heterocycles. The molecule has 0 spiro atoms. The molecule has 0 saturated heterocycles. The minimum absolute atomic E-state index is 0.285. The Labute approximate surface area is 176 Å². The minimum atomic E-state index is -0.285. The molecule has 0 radical (unpaired) electrons. The van der Waals surface area contributed by atoms with Crippen molar-refractivity contribution in [1.29, 1.82) is 0 Å². The van der Waals surface area contributed by atoms with Crippen LogP contribution in [0.15, 0.2) is 63.3 Å². The molecule has 31 heavy (non-hydrogen) atoms. The molecule has 0 aliphatic carbocycles. The zero-order chi connectivity index (χ0) is 21.6. The van der Waals surface area contributed by atoms with Crippen LogP contribution in [-0.2, 0) is 5.41 Å². The fraction of sp³-hybridized carbons (Fsp3) is 0.182. The van der Waals surface area contributed by atoms with E-state index in [1.54, 1.807) is 18.2 Å². The van der Waals surface area contributed by atoms with Crippen LogP contribution in [0.1, 0.15) is 36.8 Å². The van der Waals surface area contributed by atoms with Gasteiger partial charge in [0, 0.05) is 16.5 Å². The first-order chi connectivity index (χ1) is 14.9. The Morgan fingerprint density at radius 2 is 1.90 bits per heavy atom. The third-order valence-corrected chi connectivity index (χ3v) is 4.88. The SMILES string of the molecule is CC(C)(C)c1nn2nc(-c3cccc(C=O)c3)[nH]c2c1N=Nc1noc2ccccc12. The molecule has 9 nitrogen and oxygen atoms in total. The van der Waals surface area contributed by atoms with Crippen molar-refractivity contribution < 1.29 is 9.32 Å². The van der Waals surface area contributed by atoms with Gasteiger partial charge < -0.3 is 9.51 Å². The van der Waals surface area contributed by atoms with E-state index in [1.165, 1.54) is 4.63 Å². The summed E-state index contributed by atoms with van der Waals surface area (Å²) in [5.41, 5.74) is 3.63. The lowest BCUT2D eigenvalue weighted by molar-refractivity contribution is 0.112. The number of hydrogen-bond acceptors (Lipinski definition) is 7. The molecule has 5 aromatic rings. The molecular weight excluding hydrogens is 394 g/mol. The first-order valence-corrected chi connectivity index (χ1v) is 9.75. The van der Waals surface area contributed by atoms with Crippen LogP contribution in [0.5, 0.6) is 0 Å². The summed E-state index contributed by atoms with van der Waals surface area (Å²) in [6, 6.07) is 14.7. The average molecular weight is 413 g/mol. The number of aldehydes is 1. The molecule has 0 amide bonds. The molecule has 9 heteroatoms. The van der Waals surface area contributed by atoms with E-state index in [0.29, 0.717) is 34.1 Å². The van der Waals surface area contributed by atoms with Gasteiger partial charge in [-0.25, -0.2) is 0 Å². The summed E-state index contributed by atoms with van der Waals surface area (Å²) in [5.74, 6) is 0.975. The zero-order valence-electron chi connectivity index (χ0n) is 17.2. The number of H-pyrrole nitrogens is 1. The third kappa shape index (κ3) is 3.29. The minimum Gasteiger partial charge on any atom is -0.354 e. The first kappa shape index (κ1) is 18.9. The lowest BCUT2D eigenvalue weighted by atomic mass is 9.91. The smallest absolute Gasteiger partial charge is 0.224 e. The highest BCUT2D eigenvalue weighted by atomic mass is 16.5. The van der Waals surface area contributed by atoms with Crippen LogP contribution < -0.4 is 0 Å². The van der Waals surface area contributed by atoms with Gasteiger partial charge in [0.15, 0.2) is 22.7 Å². The Morgan fingerprint density at radius 3 is 2.71 bits per heavy atom. The summed E-state index contributed by atoms with van der Waals surface area (Å²) in [6.07, 6.45) is 0.803. The maximum atomic E-state index is 11.1. The number of nitrogens with zero attached hydrogens (tertiary/aromatic N) is 6. The lowest BCUT2D eigenvalue weighted by Crippen LogP contribution is -2.12. The molecule has 1 N–H and O–H groups in total. The average Bonchev–Trinajstić information content (AvgIpc) is 3.45. The predicted octanol–water partition coefficient (Wildman–Crippen LogP) is 5.39. The highest BCUT2D eigenvalue weighted by Gasteiger charge is 2.27. The Morgan fingerprint density at radius 1 is 1.06 bits per heavy atom. The molecule has 3 aromatic heterocycles. The van der Waals surface area contributed by atoms with E-state index in [-0.39, 0.29) is 5.41 Å². The van der Waals surface area contributed by atoms with Crippen molar-refractivity contribution in [2.24, 2.45) is 10.2 Å². The van der Waals surface area contributed by atoms with Crippen molar-refractivity contribution in [2.45, 2.75) is 26.2 Å². The number of hydrogen-bond donors (Lipinski definition) is 1. The number of fused-ring (bicyclic) bond motifs is 2. The lowest BCUT2D eigenvalue weighted by Gasteiger charge is -2.15. The van der Waals surface area contributed by atoms with Gasteiger partial charge in [0.05, 0.1) is 11.1 Å². The quantitative estimate of drug-likeness (QED) is 0.313. The van der Waals surface area contributed by atoms with Crippen molar-refractivity contribution in [3.05, 3.63) is 59.8 Å². The molecular formula is C22H19N7O2. The van der Waals surface area contributed by atoms with Crippen molar-refractivity contribution in [3.8, 4) is 11.4 Å². The molecule has 0 aliphatic rings. The molecule has 2 aromatic carbocycles. The second-order valence-corrected chi connectivity index (χ2v) is 8.20. The molecule has 154 valence electrons. The molecule has 0 aliphatic heterocycles. The summed E-state index contributed by atoms with van der Waals surface area (Å²) in [7, 11) is 0. The number of aromatic amines is 1. The van der Waals surface area contributed by atoms with E-state index in [1.807, 2.05) is 51.1 Å². The molecule has 0 saturated carbocycles. The van der Waals surface area contributed by atoms with E-state index in [2.05, 4.69) is 30.6 Å². The van der Waals surface area contributed by atoms with Gasteiger partial charge in [-0.3, -0.25) is 4.79 Å². The van der Waals surface area contributed by atoms with Gasteiger partial charge >= 0.3 is 0 Å². The van der Waals surface area contributed by atoms with Crippen LogP contribution in [0.4, 0.5) is 11.5 Å². The first-order valence-electron chi connectivity index (χ1n) is 9.75. The van der Waals surface area contributed by atoms with Gasteiger partial charge in [-0.05, 0) is 18.2 Å². The van der Waals surface area contributed by atoms with Crippen LogP contribution in [0, 0.1) is 0 Å². The van der Waals surface area contributed by atoms with E-state index >= 15 is 0 Å². The van der Waals surface area contributed by atoms with Crippen molar-refractivity contribution in [1.82, 2.24) is 25.0 Å². The number of para-hydroxylation sites is 1.